The van der Waals surface area contributed by atoms with Crippen LogP contribution >= 0.6 is 23.5 Å². The quantitative estimate of drug-likeness (QED) is 0.187. The Morgan fingerprint density at radius 3 is 1.58 bits per heavy atom. The molecule has 4 aromatic rings. The molecule has 0 bridgehead atoms. The van der Waals surface area contributed by atoms with Crippen LogP contribution in [-0.2, 0) is 52.4 Å². The predicted molar refractivity (Wildman–Crippen MR) is 209 cm³/mol. The normalized spacial score (nSPS) is 13.6. The summed E-state index contributed by atoms with van der Waals surface area (Å²) >= 11 is 3.86. The van der Waals surface area contributed by atoms with Gasteiger partial charge in [0.1, 0.15) is 0 Å². The molecule has 0 fully saturated rings. The minimum Gasteiger partial charge on any atom is -1.00 e. The first-order chi connectivity index (χ1) is 21.2. The van der Waals surface area contributed by atoms with Crippen molar-refractivity contribution in [2.45, 2.75) is 40.0 Å². The average Bonchev–Trinajstić information content (AvgIpc) is 3.78. The van der Waals surface area contributed by atoms with Gasteiger partial charge >= 0.3 is 52.4 Å². The molecule has 0 saturated carbocycles. The molecule has 0 nitrogen and oxygen atoms in total. The fraction of sp³-hybridized carbons (Fsp3) is 0.200. The van der Waals surface area contributed by atoms with Gasteiger partial charge in [0.25, 0.3) is 0 Å². The summed E-state index contributed by atoms with van der Waals surface area (Å²) in [6.07, 6.45) is 11.6. The summed E-state index contributed by atoms with van der Waals surface area (Å²) in [5.74, 6) is 2.35. The number of rotatable bonds is 2. The molecule has 50 heavy (non-hydrogen) atoms. The van der Waals surface area contributed by atoms with Crippen molar-refractivity contribution in [3.63, 3.8) is 0 Å². The number of fused-ring (bicyclic) bond motifs is 4. The van der Waals surface area contributed by atoms with Crippen molar-refractivity contribution in [1.29, 1.82) is 0 Å². The Bertz CT molecular complexity index is 1730. The molecular weight excluding hydrogens is 925 g/mol. The van der Waals surface area contributed by atoms with E-state index in [9.17, 15) is 0 Å². The van der Waals surface area contributed by atoms with E-state index in [4.69, 9.17) is 0 Å². The minimum absolute atomic E-state index is 0. The van der Waals surface area contributed by atoms with Crippen LogP contribution in [0.4, 0.5) is 0 Å². The maximum Gasteiger partial charge on any atom is 4.00 e. The van der Waals surface area contributed by atoms with E-state index in [0.717, 1.165) is 0 Å². The van der Waals surface area contributed by atoms with Gasteiger partial charge in [-0.3, -0.25) is 0 Å². The summed E-state index contributed by atoms with van der Waals surface area (Å²) in [7, 11) is -0.442. The number of halogens is 4. The number of thioether (sulfide) groups is 2. The van der Waals surface area contributed by atoms with E-state index in [1.54, 1.807) is 0 Å². The van der Waals surface area contributed by atoms with Crippen LogP contribution < -0.4 is 49.6 Å². The number of hydrogen-bond donors (Lipinski definition) is 0. The Balaban J connectivity index is 0. The molecule has 4 aromatic carbocycles. The van der Waals surface area contributed by atoms with Crippen molar-refractivity contribution >= 4 is 73.2 Å². The summed E-state index contributed by atoms with van der Waals surface area (Å²) in [5, 5.41) is 7.66. The third kappa shape index (κ3) is 15.7. The van der Waals surface area contributed by atoms with E-state index < -0.39 is 0 Å². The summed E-state index contributed by atoms with van der Waals surface area (Å²) in [6, 6.07) is 25.7. The zero-order valence-electron chi connectivity index (χ0n) is 29.3. The maximum absolute atomic E-state index is 2.42. The smallest absolute Gasteiger partial charge is 1.00 e. The van der Waals surface area contributed by atoms with Crippen LogP contribution in [0.15, 0.2) is 141 Å². The third-order valence-electron chi connectivity index (χ3n) is 7.36. The topological polar surface area (TPSA) is 0 Å². The first-order valence-corrected chi connectivity index (χ1v) is 22.5. The monoisotopic (exact) mass is 962 g/mol. The van der Waals surface area contributed by atoms with E-state index in [0.29, 0.717) is 0 Å². The summed E-state index contributed by atoms with van der Waals surface area (Å²) in [5.41, 5.74) is 14.8. The molecule has 0 radical (unpaired) electrons. The van der Waals surface area contributed by atoms with E-state index >= 15 is 0 Å². The third-order valence-corrected chi connectivity index (χ3v) is 11.1. The molecule has 0 atom stereocenters. The van der Waals surface area contributed by atoms with E-state index in [1.165, 1.54) is 76.9 Å². The van der Waals surface area contributed by atoms with Crippen LogP contribution in [-0.4, -0.2) is 39.7 Å². The molecule has 0 amide bonds. The van der Waals surface area contributed by atoms with Crippen molar-refractivity contribution in [1.82, 2.24) is 0 Å². The van der Waals surface area contributed by atoms with Crippen molar-refractivity contribution in [2.24, 2.45) is 0 Å². The van der Waals surface area contributed by atoms with Gasteiger partial charge in [-0.15, -0.1) is 105 Å². The molecule has 0 saturated heterocycles. The van der Waals surface area contributed by atoms with Gasteiger partial charge in [-0.05, 0) is 51.5 Å². The molecule has 4 aliphatic rings. The average molecular weight is 967 g/mol. The Labute approximate surface area is 375 Å². The van der Waals surface area contributed by atoms with Gasteiger partial charge in [-0.25, -0.2) is 0 Å². The van der Waals surface area contributed by atoms with Crippen LogP contribution in [0.5, 0.6) is 0 Å². The van der Waals surface area contributed by atoms with Crippen molar-refractivity contribution < 1.29 is 102 Å². The van der Waals surface area contributed by atoms with Gasteiger partial charge in [0.05, 0.1) is 0 Å². The zero-order chi connectivity index (χ0) is 31.1. The number of allylic oxidation sites excluding steroid dienone is 8. The van der Waals surface area contributed by atoms with Gasteiger partial charge in [0, 0.05) is 33.2 Å². The molecule has 0 spiro atoms. The van der Waals surface area contributed by atoms with Gasteiger partial charge in [0.2, 0.25) is 0 Å². The van der Waals surface area contributed by atoms with Gasteiger partial charge in [0.15, 0.2) is 0 Å². The fourth-order valence-electron chi connectivity index (χ4n) is 5.53. The molecule has 2 aliphatic heterocycles. The zero-order valence-corrected chi connectivity index (χ0v) is 40.9. The van der Waals surface area contributed by atoms with Crippen molar-refractivity contribution in [2.75, 3.05) is 11.5 Å². The van der Waals surface area contributed by atoms with Crippen molar-refractivity contribution in [3.8, 4) is 0 Å². The predicted octanol–water partition coefficient (Wildman–Crippen LogP) is -1.01. The Hall–Kier alpha value is -0.1000. The van der Waals surface area contributed by atoms with Gasteiger partial charge in [-0.2, -0.15) is 12.1 Å². The fourth-order valence-corrected chi connectivity index (χ4v) is 9.08. The van der Waals surface area contributed by atoms with Crippen LogP contribution in [0, 0.1) is 13.8 Å². The number of hydrogen-bond acceptors (Lipinski definition) is 2. The largest absolute Gasteiger partial charge is 4.00 e. The van der Waals surface area contributed by atoms with Crippen LogP contribution in [0.2, 0.25) is 26.2 Å². The van der Waals surface area contributed by atoms with Crippen LogP contribution in [0.1, 0.15) is 11.1 Å². The van der Waals surface area contributed by atoms with Crippen LogP contribution in [0.3, 0.4) is 0 Å². The first kappa shape index (κ1) is 52.0. The van der Waals surface area contributed by atoms with Gasteiger partial charge in [-0.1, -0.05) is 75.7 Å². The molecule has 0 N–H and O–H groups in total. The molecule has 0 unspecified atom stereocenters. The molecule has 8 rings (SSSR count). The van der Waals surface area contributed by atoms with Crippen LogP contribution in [0.25, 0.3) is 21.5 Å². The van der Waals surface area contributed by atoms with Crippen molar-refractivity contribution in [3.05, 3.63) is 152 Å². The van der Waals surface area contributed by atoms with E-state index in [-0.39, 0.29) is 119 Å². The minimum atomic E-state index is -0.222. The molecular formula is C40H42Cl4S2Si2Zr2+2. The maximum atomic E-state index is 2.42. The standard InChI is InChI=1S/2C10H12SSi.2C10H9.4ClH.2Zr/c1-12(2)7-8-3-9-5-11-6-10(9)4-8;1-12(2)7-8-5-9-3-4-11-10(9)6-8;2*1-8-6-9-4-2-3-5-10(9)7-8;;;;;;/h3-5,7H,6H2,1-2H3;3,5-7H,4H2,1-2H3;2*2-7H,1H3;4*1H;;/q;;2*-1;;;;;2*+4/p-4. The summed E-state index contributed by atoms with van der Waals surface area (Å²) < 4.78 is 0. The SMILES string of the molecule is C[Si](C)=CC1=CC2=CCSC2=C1.C[Si](C)=CC1=CC2=CSCC2=C1.Cc1cc2ccccc2[cH-]1.Cc1cc2ccccc2[cH-]1.[Cl-].[Cl-].[Cl-].[Cl-].[Zr+4].[Zr+4]. The molecule has 256 valence electrons. The molecule has 10 heteroatoms. The Kier molecular flexibility index (Phi) is 26.9. The summed E-state index contributed by atoms with van der Waals surface area (Å²) in [4.78, 5) is 1.48. The Morgan fingerprint density at radius 2 is 1.12 bits per heavy atom. The van der Waals surface area contributed by atoms with E-state index in [1.807, 2.05) is 23.5 Å². The molecule has 0 aromatic heterocycles. The first-order valence-electron chi connectivity index (χ1n) is 15.3. The number of aryl methyl sites for hydroxylation is 2. The van der Waals surface area contributed by atoms with E-state index in [2.05, 4.69) is 160 Å². The second-order valence-electron chi connectivity index (χ2n) is 12.1. The molecule has 2 heterocycles. The second-order valence-corrected chi connectivity index (χ2v) is 18.9. The van der Waals surface area contributed by atoms with Gasteiger partial charge < -0.3 is 49.6 Å². The number of benzene rings is 2. The summed E-state index contributed by atoms with van der Waals surface area (Å²) in [6.45, 7) is 13.5. The Morgan fingerprint density at radius 1 is 0.640 bits per heavy atom. The molecule has 2 aliphatic carbocycles. The second kappa shape index (κ2) is 25.8.